The molecular formula is C15H27N2+. The van der Waals surface area contributed by atoms with Crippen molar-refractivity contribution in [2.45, 2.75) is 59.5 Å². The van der Waals surface area contributed by atoms with Crippen LogP contribution in [0, 0.1) is 17.8 Å². The van der Waals surface area contributed by atoms with Crippen molar-refractivity contribution in [3.8, 4) is 0 Å². The van der Waals surface area contributed by atoms with Gasteiger partial charge in [-0.2, -0.15) is 0 Å². The molecule has 1 aromatic heterocycles. The molecule has 1 aliphatic rings. The molecule has 1 fully saturated rings. The van der Waals surface area contributed by atoms with Crippen LogP contribution >= 0.6 is 0 Å². The van der Waals surface area contributed by atoms with E-state index < -0.39 is 0 Å². The van der Waals surface area contributed by atoms with Crippen LogP contribution in [0.3, 0.4) is 0 Å². The summed E-state index contributed by atoms with van der Waals surface area (Å²) in [5.41, 5.74) is 0. The van der Waals surface area contributed by atoms with Gasteiger partial charge >= 0.3 is 0 Å². The topological polar surface area (TPSA) is 8.81 Å². The summed E-state index contributed by atoms with van der Waals surface area (Å²) >= 11 is 0. The maximum atomic E-state index is 2.38. The van der Waals surface area contributed by atoms with Gasteiger partial charge in [-0.1, -0.05) is 13.8 Å². The molecule has 2 rings (SSSR count). The van der Waals surface area contributed by atoms with Gasteiger partial charge in [-0.15, -0.1) is 0 Å². The van der Waals surface area contributed by atoms with E-state index in [2.05, 4.69) is 48.6 Å². The number of aromatic nitrogens is 2. The van der Waals surface area contributed by atoms with Gasteiger partial charge in [-0.3, -0.25) is 0 Å². The Kier molecular flexibility index (Phi) is 4.25. The van der Waals surface area contributed by atoms with E-state index in [0.717, 1.165) is 24.3 Å². The lowest BCUT2D eigenvalue weighted by Crippen LogP contribution is -2.37. The third-order valence-corrected chi connectivity index (χ3v) is 4.41. The first-order valence-electron chi connectivity index (χ1n) is 7.23. The molecule has 96 valence electrons. The molecule has 0 aromatic carbocycles. The van der Waals surface area contributed by atoms with Crippen LogP contribution in [0.25, 0.3) is 0 Å². The Labute approximate surface area is 106 Å². The number of hydrogen-bond acceptors (Lipinski definition) is 0. The van der Waals surface area contributed by atoms with Crippen molar-refractivity contribution in [2.75, 3.05) is 0 Å². The third-order valence-electron chi connectivity index (χ3n) is 4.41. The molecule has 0 aliphatic heterocycles. The average molecular weight is 235 g/mol. The zero-order valence-corrected chi connectivity index (χ0v) is 11.6. The number of hydrogen-bond donors (Lipinski definition) is 0. The number of rotatable bonds is 4. The summed E-state index contributed by atoms with van der Waals surface area (Å²) in [5.74, 6) is 2.77. The quantitative estimate of drug-likeness (QED) is 0.708. The highest BCUT2D eigenvalue weighted by Crippen LogP contribution is 2.33. The van der Waals surface area contributed by atoms with E-state index in [1.165, 1.54) is 32.2 Å². The van der Waals surface area contributed by atoms with Crippen LogP contribution < -0.4 is 4.57 Å². The van der Waals surface area contributed by atoms with Crippen LogP contribution in [0.4, 0.5) is 0 Å². The minimum Gasteiger partial charge on any atom is -0.237 e. The van der Waals surface area contributed by atoms with Gasteiger partial charge in [0.25, 0.3) is 0 Å². The maximum Gasteiger partial charge on any atom is 0.243 e. The van der Waals surface area contributed by atoms with E-state index in [0.29, 0.717) is 0 Å². The predicted molar refractivity (Wildman–Crippen MR) is 70.6 cm³/mol. The van der Waals surface area contributed by atoms with E-state index in [-0.39, 0.29) is 0 Å². The van der Waals surface area contributed by atoms with Crippen LogP contribution in [-0.2, 0) is 13.1 Å². The van der Waals surface area contributed by atoms with Crippen LogP contribution in [0.1, 0.15) is 46.5 Å². The highest BCUT2D eigenvalue weighted by molar-refractivity contribution is 4.73. The standard InChI is InChI=1S/C15H27N2/c1-4-16-9-10-17(12-16)11-14-5-7-15(8-6-14)13(2)3/h9-10,12-15H,4-8,11H2,1-3H3/q+1. The van der Waals surface area contributed by atoms with E-state index in [9.17, 15) is 0 Å². The summed E-state index contributed by atoms with van der Waals surface area (Å²) in [6.07, 6.45) is 12.4. The zero-order chi connectivity index (χ0) is 12.3. The Balaban J connectivity index is 1.81. The minimum absolute atomic E-state index is 0.879. The largest absolute Gasteiger partial charge is 0.243 e. The lowest BCUT2D eigenvalue weighted by atomic mass is 9.77. The third kappa shape index (κ3) is 3.34. The molecule has 0 spiro atoms. The van der Waals surface area contributed by atoms with Gasteiger partial charge in [0.1, 0.15) is 12.4 Å². The molecule has 1 saturated carbocycles. The van der Waals surface area contributed by atoms with Crippen LogP contribution in [0.5, 0.6) is 0 Å². The first-order valence-corrected chi connectivity index (χ1v) is 7.23. The second kappa shape index (κ2) is 5.70. The van der Waals surface area contributed by atoms with Crippen LogP contribution in [0.2, 0.25) is 0 Å². The molecule has 1 heterocycles. The van der Waals surface area contributed by atoms with E-state index >= 15 is 0 Å². The van der Waals surface area contributed by atoms with Crippen LogP contribution in [-0.4, -0.2) is 4.57 Å². The van der Waals surface area contributed by atoms with E-state index in [1.54, 1.807) is 0 Å². The summed E-state index contributed by atoms with van der Waals surface area (Å²) in [5, 5.41) is 0. The second-order valence-electron chi connectivity index (χ2n) is 5.97. The molecule has 0 saturated heterocycles. The summed E-state index contributed by atoms with van der Waals surface area (Å²) in [7, 11) is 0. The molecule has 2 heteroatoms. The molecular weight excluding hydrogens is 208 g/mol. The molecule has 2 nitrogen and oxygen atoms in total. The monoisotopic (exact) mass is 235 g/mol. The van der Waals surface area contributed by atoms with Crippen molar-refractivity contribution in [1.29, 1.82) is 0 Å². The lowest BCUT2D eigenvalue weighted by molar-refractivity contribution is -0.703. The van der Waals surface area contributed by atoms with Gasteiger partial charge in [-0.25, -0.2) is 9.13 Å². The van der Waals surface area contributed by atoms with Gasteiger partial charge in [0.2, 0.25) is 6.33 Å². The number of nitrogens with zero attached hydrogens (tertiary/aromatic N) is 2. The Bertz CT molecular complexity index is 332. The zero-order valence-electron chi connectivity index (χ0n) is 11.6. The maximum absolute atomic E-state index is 2.38. The summed E-state index contributed by atoms with van der Waals surface area (Å²) < 4.78 is 4.61. The fourth-order valence-corrected chi connectivity index (χ4v) is 3.07. The Morgan fingerprint density at radius 3 is 2.47 bits per heavy atom. The SMILES string of the molecule is CCn1cc[n+](CC2CCC(C(C)C)CC2)c1. The summed E-state index contributed by atoms with van der Waals surface area (Å²) in [4.78, 5) is 0. The van der Waals surface area contributed by atoms with Crippen molar-refractivity contribution in [3.63, 3.8) is 0 Å². The van der Waals surface area contributed by atoms with Gasteiger partial charge in [-0.05, 0) is 50.4 Å². The fraction of sp³-hybridized carbons (Fsp3) is 0.800. The van der Waals surface area contributed by atoms with Crippen LogP contribution in [0.15, 0.2) is 18.7 Å². The summed E-state index contributed by atoms with van der Waals surface area (Å²) in [6, 6.07) is 0. The Morgan fingerprint density at radius 2 is 1.94 bits per heavy atom. The van der Waals surface area contributed by atoms with Crippen molar-refractivity contribution in [2.24, 2.45) is 17.8 Å². The van der Waals surface area contributed by atoms with Crippen molar-refractivity contribution >= 4 is 0 Å². The van der Waals surface area contributed by atoms with Gasteiger partial charge in [0, 0.05) is 0 Å². The average Bonchev–Trinajstić information content (AvgIpc) is 2.77. The lowest BCUT2D eigenvalue weighted by Gasteiger charge is -2.29. The van der Waals surface area contributed by atoms with E-state index in [4.69, 9.17) is 0 Å². The van der Waals surface area contributed by atoms with Crippen molar-refractivity contribution in [3.05, 3.63) is 18.7 Å². The summed E-state index contributed by atoms with van der Waals surface area (Å²) in [6.45, 7) is 9.24. The molecule has 0 unspecified atom stereocenters. The molecule has 1 aromatic rings. The van der Waals surface area contributed by atoms with E-state index in [1.807, 2.05) is 0 Å². The van der Waals surface area contributed by atoms with Gasteiger partial charge in [0.15, 0.2) is 0 Å². The fourth-order valence-electron chi connectivity index (χ4n) is 3.07. The molecule has 0 amide bonds. The van der Waals surface area contributed by atoms with Crippen molar-refractivity contribution < 1.29 is 4.57 Å². The molecule has 0 radical (unpaired) electrons. The first-order chi connectivity index (χ1) is 8.19. The number of imidazole rings is 1. The molecule has 17 heavy (non-hydrogen) atoms. The molecule has 0 N–H and O–H groups in total. The normalized spacial score (nSPS) is 25.4. The van der Waals surface area contributed by atoms with Crippen molar-refractivity contribution in [1.82, 2.24) is 4.57 Å². The molecule has 1 aliphatic carbocycles. The molecule has 0 bridgehead atoms. The first kappa shape index (κ1) is 12.7. The second-order valence-corrected chi connectivity index (χ2v) is 5.97. The van der Waals surface area contributed by atoms with Gasteiger partial charge < -0.3 is 0 Å². The predicted octanol–water partition coefficient (Wildman–Crippen LogP) is 3.26. The number of aryl methyl sites for hydroxylation is 1. The molecule has 0 atom stereocenters. The Morgan fingerprint density at radius 1 is 1.24 bits per heavy atom. The highest BCUT2D eigenvalue weighted by Gasteiger charge is 2.24. The highest BCUT2D eigenvalue weighted by atomic mass is 15.1. The van der Waals surface area contributed by atoms with Gasteiger partial charge in [0.05, 0.1) is 13.1 Å². The smallest absolute Gasteiger partial charge is 0.237 e. The Hall–Kier alpha value is -0.790. The minimum atomic E-state index is 0.879.